The van der Waals surface area contributed by atoms with E-state index in [0.29, 0.717) is 11.3 Å². The lowest BCUT2D eigenvalue weighted by Crippen LogP contribution is -2.12. The van der Waals surface area contributed by atoms with Crippen molar-refractivity contribution in [2.24, 2.45) is 0 Å². The number of hydrogen-bond acceptors (Lipinski definition) is 2. The predicted molar refractivity (Wildman–Crippen MR) is 86.5 cm³/mol. The maximum Gasteiger partial charge on any atom is 0.256 e. The summed E-state index contributed by atoms with van der Waals surface area (Å²) in [6.07, 6.45) is 1.59. The molecule has 0 atom stereocenters. The fourth-order valence-electron chi connectivity index (χ4n) is 2.63. The average molecular weight is 287 g/mol. The molecule has 1 aliphatic heterocycles. The Morgan fingerprint density at radius 1 is 0.818 bits per heavy atom. The van der Waals surface area contributed by atoms with E-state index in [0.717, 1.165) is 16.7 Å². The molecule has 0 unspecified atom stereocenters. The largest absolute Gasteiger partial charge is 0.463 e. The molecule has 3 aromatic carbocycles. The van der Waals surface area contributed by atoms with Crippen molar-refractivity contribution < 1.29 is 9.53 Å². The third kappa shape index (κ3) is 2.13. The summed E-state index contributed by atoms with van der Waals surface area (Å²) in [7, 11) is 0. The summed E-state index contributed by atoms with van der Waals surface area (Å²) in [5, 5.41) is 5.11. The van der Waals surface area contributed by atoms with Crippen molar-refractivity contribution in [3.05, 3.63) is 84.1 Å². The number of rotatable bonds is 2. The SMILES string of the molecule is O=C1N/C(=C\Oc2ccc3ccccc3c2)c2ccccc21. The molecule has 0 spiro atoms. The minimum Gasteiger partial charge on any atom is -0.463 e. The molecule has 0 aliphatic carbocycles. The Morgan fingerprint density at radius 3 is 2.41 bits per heavy atom. The monoisotopic (exact) mass is 287 g/mol. The van der Waals surface area contributed by atoms with Crippen LogP contribution in [-0.4, -0.2) is 5.91 Å². The molecule has 106 valence electrons. The summed E-state index contributed by atoms with van der Waals surface area (Å²) in [5.74, 6) is 0.647. The number of ether oxygens (including phenoxy) is 1. The van der Waals surface area contributed by atoms with Gasteiger partial charge in [-0.1, -0.05) is 48.5 Å². The Bertz CT molecular complexity index is 912. The second kappa shape index (κ2) is 5.04. The van der Waals surface area contributed by atoms with E-state index in [1.807, 2.05) is 60.7 Å². The molecule has 22 heavy (non-hydrogen) atoms. The zero-order chi connectivity index (χ0) is 14.9. The molecule has 4 rings (SSSR count). The summed E-state index contributed by atoms with van der Waals surface area (Å²) in [6.45, 7) is 0. The first-order chi connectivity index (χ1) is 10.8. The van der Waals surface area contributed by atoms with Gasteiger partial charge >= 0.3 is 0 Å². The van der Waals surface area contributed by atoms with Gasteiger partial charge in [-0.25, -0.2) is 0 Å². The van der Waals surface area contributed by atoms with E-state index in [1.54, 1.807) is 6.26 Å². The van der Waals surface area contributed by atoms with Crippen LogP contribution in [0.5, 0.6) is 5.75 Å². The summed E-state index contributed by atoms with van der Waals surface area (Å²) >= 11 is 0. The van der Waals surface area contributed by atoms with Crippen LogP contribution in [0, 0.1) is 0 Å². The van der Waals surface area contributed by atoms with Crippen molar-refractivity contribution in [1.29, 1.82) is 0 Å². The number of fused-ring (bicyclic) bond motifs is 2. The van der Waals surface area contributed by atoms with E-state index in [2.05, 4.69) is 11.4 Å². The molecule has 1 heterocycles. The lowest BCUT2D eigenvalue weighted by Gasteiger charge is -2.04. The number of carbonyl (C=O) groups is 1. The molecular weight excluding hydrogens is 274 g/mol. The zero-order valence-corrected chi connectivity index (χ0v) is 11.7. The molecule has 0 saturated carbocycles. The second-order valence-corrected chi connectivity index (χ2v) is 5.16. The first kappa shape index (κ1) is 12.7. The van der Waals surface area contributed by atoms with Crippen LogP contribution in [0.1, 0.15) is 15.9 Å². The van der Waals surface area contributed by atoms with Gasteiger partial charge in [-0.2, -0.15) is 0 Å². The number of carbonyl (C=O) groups excluding carboxylic acids is 1. The van der Waals surface area contributed by atoms with Crippen LogP contribution in [0.4, 0.5) is 0 Å². The van der Waals surface area contributed by atoms with Gasteiger partial charge in [0, 0.05) is 11.1 Å². The normalized spacial score (nSPS) is 14.9. The Morgan fingerprint density at radius 2 is 1.55 bits per heavy atom. The topological polar surface area (TPSA) is 38.3 Å². The first-order valence-corrected chi connectivity index (χ1v) is 7.08. The number of amides is 1. The summed E-state index contributed by atoms with van der Waals surface area (Å²) in [5.41, 5.74) is 2.23. The van der Waals surface area contributed by atoms with E-state index >= 15 is 0 Å². The molecule has 0 fully saturated rings. The van der Waals surface area contributed by atoms with Gasteiger partial charge in [0.1, 0.15) is 12.0 Å². The maximum atomic E-state index is 11.9. The molecule has 1 amide bonds. The molecule has 1 N–H and O–H groups in total. The highest BCUT2D eigenvalue weighted by molar-refractivity contribution is 6.09. The molecular formula is C19H13NO2. The van der Waals surface area contributed by atoms with Crippen LogP contribution in [0.3, 0.4) is 0 Å². The molecule has 3 heteroatoms. The molecule has 1 aliphatic rings. The summed E-state index contributed by atoms with van der Waals surface area (Å²) < 4.78 is 5.73. The van der Waals surface area contributed by atoms with Gasteiger partial charge in [-0.3, -0.25) is 4.79 Å². The summed E-state index contributed by atoms with van der Waals surface area (Å²) in [4.78, 5) is 11.9. The third-order valence-corrected chi connectivity index (χ3v) is 3.74. The van der Waals surface area contributed by atoms with E-state index in [4.69, 9.17) is 4.74 Å². The second-order valence-electron chi connectivity index (χ2n) is 5.16. The molecule has 0 aromatic heterocycles. The minimum atomic E-state index is -0.0936. The highest BCUT2D eigenvalue weighted by Crippen LogP contribution is 2.25. The Balaban J connectivity index is 1.65. The number of benzene rings is 3. The molecule has 0 radical (unpaired) electrons. The smallest absolute Gasteiger partial charge is 0.256 e. The quantitative estimate of drug-likeness (QED) is 0.724. The highest BCUT2D eigenvalue weighted by atomic mass is 16.5. The van der Waals surface area contributed by atoms with Crippen LogP contribution in [0.2, 0.25) is 0 Å². The van der Waals surface area contributed by atoms with Crippen molar-refractivity contribution in [2.45, 2.75) is 0 Å². The van der Waals surface area contributed by atoms with Crippen LogP contribution in [0.15, 0.2) is 73.0 Å². The van der Waals surface area contributed by atoms with Crippen molar-refractivity contribution in [2.75, 3.05) is 0 Å². The van der Waals surface area contributed by atoms with Gasteiger partial charge < -0.3 is 10.1 Å². The van der Waals surface area contributed by atoms with Gasteiger partial charge in [0.2, 0.25) is 0 Å². The van der Waals surface area contributed by atoms with Crippen LogP contribution >= 0.6 is 0 Å². The van der Waals surface area contributed by atoms with Gasteiger partial charge in [0.05, 0.1) is 5.70 Å². The lowest BCUT2D eigenvalue weighted by atomic mass is 10.1. The maximum absolute atomic E-state index is 11.9. The van der Waals surface area contributed by atoms with Crippen LogP contribution in [-0.2, 0) is 0 Å². The first-order valence-electron chi connectivity index (χ1n) is 7.08. The van der Waals surface area contributed by atoms with Crippen LogP contribution < -0.4 is 10.1 Å². The molecule has 0 bridgehead atoms. The third-order valence-electron chi connectivity index (χ3n) is 3.74. The highest BCUT2D eigenvalue weighted by Gasteiger charge is 2.22. The van der Waals surface area contributed by atoms with Crippen molar-refractivity contribution in [3.63, 3.8) is 0 Å². The average Bonchev–Trinajstić information content (AvgIpc) is 2.89. The van der Waals surface area contributed by atoms with Crippen molar-refractivity contribution in [1.82, 2.24) is 5.32 Å². The van der Waals surface area contributed by atoms with Crippen molar-refractivity contribution >= 4 is 22.4 Å². The number of hydrogen-bond donors (Lipinski definition) is 1. The Kier molecular flexibility index (Phi) is 2.90. The van der Waals surface area contributed by atoms with Gasteiger partial charge in [-0.05, 0) is 29.0 Å². The summed E-state index contributed by atoms with van der Waals surface area (Å²) in [6, 6.07) is 21.5. The van der Waals surface area contributed by atoms with Gasteiger partial charge in [-0.15, -0.1) is 0 Å². The predicted octanol–water partition coefficient (Wildman–Crippen LogP) is 3.96. The Hall–Kier alpha value is -3.07. The van der Waals surface area contributed by atoms with Crippen molar-refractivity contribution in [3.8, 4) is 5.75 Å². The standard InChI is InChI=1S/C19H13NO2/c21-19-17-8-4-3-7-16(17)18(20-19)12-22-15-10-9-13-5-1-2-6-14(13)11-15/h1-12H,(H,20,21)/b18-12-. The zero-order valence-electron chi connectivity index (χ0n) is 11.7. The van der Waals surface area contributed by atoms with E-state index in [-0.39, 0.29) is 5.91 Å². The van der Waals surface area contributed by atoms with Gasteiger partial charge in [0.25, 0.3) is 5.91 Å². The lowest BCUT2D eigenvalue weighted by molar-refractivity contribution is 0.0980. The molecule has 3 nitrogen and oxygen atoms in total. The van der Waals surface area contributed by atoms with Gasteiger partial charge in [0.15, 0.2) is 0 Å². The Labute approximate surface area is 127 Å². The minimum absolute atomic E-state index is 0.0936. The number of nitrogens with one attached hydrogen (secondary N) is 1. The van der Waals surface area contributed by atoms with E-state index < -0.39 is 0 Å². The molecule has 3 aromatic rings. The fraction of sp³-hybridized carbons (Fsp3) is 0. The fourth-order valence-corrected chi connectivity index (χ4v) is 2.63. The van der Waals surface area contributed by atoms with E-state index in [1.165, 1.54) is 5.39 Å². The van der Waals surface area contributed by atoms with Crippen LogP contribution in [0.25, 0.3) is 16.5 Å². The molecule has 0 saturated heterocycles. The van der Waals surface area contributed by atoms with E-state index in [9.17, 15) is 4.79 Å².